The molecular weight excluding hydrogens is 406 g/mol. The topological polar surface area (TPSA) is 114 Å². The summed E-state index contributed by atoms with van der Waals surface area (Å²) in [6, 6.07) is 13.9. The molecule has 3 aromatic rings. The van der Waals surface area contributed by atoms with Gasteiger partial charge in [-0.3, -0.25) is 10.1 Å². The van der Waals surface area contributed by atoms with E-state index in [9.17, 15) is 27.3 Å². The molecule has 0 atom stereocenters. The van der Waals surface area contributed by atoms with Crippen LogP contribution < -0.4 is 10.6 Å². The van der Waals surface area contributed by atoms with Gasteiger partial charge in [0.25, 0.3) is 5.69 Å². The Kier molecular flexibility index (Phi) is 5.87. The molecule has 3 rings (SSSR count). The molecule has 29 heavy (non-hydrogen) atoms. The number of aromatic nitrogens is 1. The SMILES string of the molecule is O=[N+]([O-])c1cc(S(=O)(=O)C(F)F)ccc1NCCNc1ccc2ccccc2n1. The fraction of sp³-hybridized carbons (Fsp3) is 0.167. The van der Waals surface area contributed by atoms with E-state index in [1.165, 1.54) is 0 Å². The Balaban J connectivity index is 1.67. The van der Waals surface area contributed by atoms with Crippen molar-refractivity contribution in [2.75, 3.05) is 23.7 Å². The van der Waals surface area contributed by atoms with Gasteiger partial charge in [0.15, 0.2) is 0 Å². The van der Waals surface area contributed by atoms with Crippen LogP contribution in [0, 0.1) is 10.1 Å². The van der Waals surface area contributed by atoms with E-state index in [0.717, 1.165) is 23.0 Å². The molecule has 1 heterocycles. The number of benzene rings is 2. The largest absolute Gasteiger partial charge is 0.378 e. The van der Waals surface area contributed by atoms with Crippen LogP contribution in [0.25, 0.3) is 10.9 Å². The summed E-state index contributed by atoms with van der Waals surface area (Å²) in [5.41, 5.74) is 0.240. The molecule has 0 spiro atoms. The molecule has 0 fully saturated rings. The van der Waals surface area contributed by atoms with Gasteiger partial charge in [0.1, 0.15) is 11.5 Å². The van der Waals surface area contributed by atoms with Gasteiger partial charge in [0.05, 0.1) is 15.3 Å². The van der Waals surface area contributed by atoms with Crippen LogP contribution >= 0.6 is 0 Å². The maximum absolute atomic E-state index is 12.7. The number of para-hydroxylation sites is 1. The molecule has 0 saturated heterocycles. The van der Waals surface area contributed by atoms with Gasteiger partial charge in [0, 0.05) is 24.5 Å². The van der Waals surface area contributed by atoms with Crippen LogP contribution in [0.4, 0.5) is 26.0 Å². The highest BCUT2D eigenvalue weighted by molar-refractivity contribution is 7.91. The lowest BCUT2D eigenvalue weighted by Crippen LogP contribution is -2.16. The Bertz CT molecular complexity index is 1160. The molecule has 0 aliphatic rings. The molecule has 152 valence electrons. The molecule has 0 aliphatic carbocycles. The van der Waals surface area contributed by atoms with E-state index in [4.69, 9.17) is 0 Å². The molecule has 2 aromatic carbocycles. The van der Waals surface area contributed by atoms with Crippen molar-refractivity contribution in [3.05, 3.63) is 64.7 Å². The van der Waals surface area contributed by atoms with Gasteiger partial charge in [-0.05, 0) is 30.3 Å². The summed E-state index contributed by atoms with van der Waals surface area (Å²) in [6.45, 7) is 0.607. The van der Waals surface area contributed by atoms with E-state index in [0.29, 0.717) is 18.4 Å². The number of nitro benzene ring substituents is 1. The molecule has 0 unspecified atom stereocenters. The minimum absolute atomic E-state index is 0.0245. The van der Waals surface area contributed by atoms with Crippen LogP contribution in [0.3, 0.4) is 0 Å². The predicted molar refractivity (Wildman–Crippen MR) is 105 cm³/mol. The molecule has 0 amide bonds. The van der Waals surface area contributed by atoms with Crippen LogP contribution in [0.2, 0.25) is 0 Å². The maximum Gasteiger partial charge on any atom is 0.341 e. The Morgan fingerprint density at radius 2 is 1.76 bits per heavy atom. The fourth-order valence-electron chi connectivity index (χ4n) is 2.64. The summed E-state index contributed by atoms with van der Waals surface area (Å²) in [4.78, 5) is 14.0. The summed E-state index contributed by atoms with van der Waals surface area (Å²) in [7, 11) is -4.92. The van der Waals surface area contributed by atoms with Crippen molar-refractivity contribution in [1.82, 2.24) is 4.98 Å². The highest BCUT2D eigenvalue weighted by atomic mass is 32.2. The number of rotatable bonds is 8. The molecule has 0 bridgehead atoms. The lowest BCUT2D eigenvalue weighted by Gasteiger charge is -2.10. The van der Waals surface area contributed by atoms with Gasteiger partial charge in [-0.25, -0.2) is 13.4 Å². The van der Waals surface area contributed by atoms with Crippen LogP contribution in [-0.2, 0) is 9.84 Å². The minimum atomic E-state index is -4.92. The van der Waals surface area contributed by atoms with E-state index in [2.05, 4.69) is 15.6 Å². The number of nitrogens with one attached hydrogen (secondary N) is 2. The average molecular weight is 422 g/mol. The molecule has 0 aliphatic heterocycles. The standard InChI is InChI=1S/C18H16F2N4O4S/c19-18(20)29(27,28)13-6-7-15(16(11-13)24(25)26)21-9-10-22-17-8-5-12-3-1-2-4-14(12)23-17/h1-8,11,18,21H,9-10H2,(H,22,23). The van der Waals surface area contributed by atoms with Crippen molar-refractivity contribution < 1.29 is 22.1 Å². The van der Waals surface area contributed by atoms with Gasteiger partial charge in [-0.2, -0.15) is 8.78 Å². The molecule has 1 aromatic heterocycles. The zero-order chi connectivity index (χ0) is 21.0. The number of sulfone groups is 1. The highest BCUT2D eigenvalue weighted by Gasteiger charge is 2.29. The first-order chi connectivity index (χ1) is 13.8. The number of fused-ring (bicyclic) bond motifs is 1. The van der Waals surface area contributed by atoms with Gasteiger partial charge in [-0.15, -0.1) is 0 Å². The second kappa shape index (κ2) is 8.35. The van der Waals surface area contributed by atoms with E-state index in [-0.39, 0.29) is 12.2 Å². The first kappa shape index (κ1) is 20.4. The average Bonchev–Trinajstić information content (AvgIpc) is 2.70. The van der Waals surface area contributed by atoms with Crippen molar-refractivity contribution in [1.29, 1.82) is 0 Å². The van der Waals surface area contributed by atoms with Gasteiger partial charge >= 0.3 is 5.76 Å². The van der Waals surface area contributed by atoms with E-state index < -0.39 is 31.1 Å². The van der Waals surface area contributed by atoms with Crippen LogP contribution in [0.5, 0.6) is 0 Å². The molecular formula is C18H16F2N4O4S. The van der Waals surface area contributed by atoms with E-state index in [1.54, 1.807) is 6.07 Å². The first-order valence-corrected chi connectivity index (χ1v) is 9.98. The first-order valence-electron chi connectivity index (χ1n) is 8.43. The van der Waals surface area contributed by atoms with Crippen molar-refractivity contribution >= 4 is 37.9 Å². The normalized spacial score (nSPS) is 11.6. The zero-order valence-corrected chi connectivity index (χ0v) is 15.7. The summed E-state index contributed by atoms with van der Waals surface area (Å²) in [5, 5.41) is 18.1. The Hall–Kier alpha value is -3.34. The summed E-state index contributed by atoms with van der Waals surface area (Å²) < 4.78 is 48.3. The van der Waals surface area contributed by atoms with Crippen LogP contribution in [0.15, 0.2) is 59.5 Å². The Morgan fingerprint density at radius 3 is 2.48 bits per heavy atom. The monoisotopic (exact) mass is 422 g/mol. The van der Waals surface area contributed by atoms with Gasteiger partial charge in [-0.1, -0.05) is 18.2 Å². The smallest absolute Gasteiger partial charge is 0.341 e. The number of anilines is 2. The van der Waals surface area contributed by atoms with Crippen molar-refractivity contribution in [3.8, 4) is 0 Å². The number of halogens is 2. The number of nitro groups is 1. The van der Waals surface area contributed by atoms with E-state index in [1.807, 2.05) is 30.3 Å². The Morgan fingerprint density at radius 1 is 1.03 bits per heavy atom. The minimum Gasteiger partial charge on any atom is -0.378 e. The Labute approximate surface area is 164 Å². The lowest BCUT2D eigenvalue weighted by molar-refractivity contribution is -0.384. The number of nitrogens with zero attached hydrogens (tertiary/aromatic N) is 2. The summed E-state index contributed by atoms with van der Waals surface area (Å²) >= 11 is 0. The summed E-state index contributed by atoms with van der Waals surface area (Å²) in [6.07, 6.45) is 0. The third kappa shape index (κ3) is 4.57. The summed E-state index contributed by atoms with van der Waals surface area (Å²) in [5.74, 6) is -3.03. The van der Waals surface area contributed by atoms with Crippen LogP contribution in [0.1, 0.15) is 0 Å². The molecule has 0 saturated carbocycles. The van der Waals surface area contributed by atoms with Gasteiger partial charge in [0.2, 0.25) is 9.84 Å². The second-order valence-electron chi connectivity index (χ2n) is 5.98. The zero-order valence-electron chi connectivity index (χ0n) is 14.9. The molecule has 0 radical (unpaired) electrons. The maximum atomic E-state index is 12.7. The molecule has 11 heteroatoms. The van der Waals surface area contributed by atoms with Crippen LogP contribution in [-0.4, -0.2) is 37.2 Å². The van der Waals surface area contributed by atoms with Crippen molar-refractivity contribution in [2.45, 2.75) is 10.7 Å². The third-order valence-electron chi connectivity index (χ3n) is 4.07. The van der Waals surface area contributed by atoms with E-state index >= 15 is 0 Å². The van der Waals surface area contributed by atoms with Gasteiger partial charge < -0.3 is 10.6 Å². The predicted octanol–water partition coefficient (Wildman–Crippen LogP) is 3.66. The molecule has 2 N–H and O–H groups in total. The van der Waals surface area contributed by atoms with Crippen molar-refractivity contribution in [2.24, 2.45) is 0 Å². The fourth-order valence-corrected chi connectivity index (χ4v) is 3.38. The number of pyridine rings is 1. The number of alkyl halides is 2. The third-order valence-corrected chi connectivity index (χ3v) is 5.45. The number of hydrogen-bond acceptors (Lipinski definition) is 7. The lowest BCUT2D eigenvalue weighted by atomic mass is 10.2. The highest BCUT2D eigenvalue weighted by Crippen LogP contribution is 2.29. The van der Waals surface area contributed by atoms with Crippen molar-refractivity contribution in [3.63, 3.8) is 0 Å². The number of hydrogen-bond donors (Lipinski definition) is 2. The quantitative estimate of drug-likeness (QED) is 0.323. The second-order valence-corrected chi connectivity index (χ2v) is 7.90. The molecule has 8 nitrogen and oxygen atoms in total.